The summed E-state index contributed by atoms with van der Waals surface area (Å²) in [6.07, 6.45) is 1.80. The Morgan fingerprint density at radius 1 is 0.947 bits per heavy atom. The minimum atomic E-state index is -1.34. The van der Waals surface area contributed by atoms with Crippen LogP contribution in [0, 0.1) is 11.7 Å². The van der Waals surface area contributed by atoms with Crippen LogP contribution in [-0.2, 0) is 25.7 Å². The number of carbonyl (C=O) groups is 2. The van der Waals surface area contributed by atoms with E-state index in [4.69, 9.17) is 18.9 Å². The van der Waals surface area contributed by atoms with Crippen LogP contribution in [0.4, 0.5) is 4.39 Å². The van der Waals surface area contributed by atoms with E-state index in [9.17, 15) is 14.0 Å². The number of hydrogen-bond donors (Lipinski definition) is 1. The number of fused-ring (bicyclic) bond motifs is 1. The van der Waals surface area contributed by atoms with Gasteiger partial charge in [-0.25, -0.2) is 4.39 Å². The van der Waals surface area contributed by atoms with Gasteiger partial charge in [0.2, 0.25) is 0 Å². The van der Waals surface area contributed by atoms with Crippen molar-refractivity contribution >= 4 is 22.8 Å². The summed E-state index contributed by atoms with van der Waals surface area (Å²) < 4.78 is 36.1. The van der Waals surface area contributed by atoms with E-state index in [0.29, 0.717) is 23.7 Å². The lowest BCUT2D eigenvalue weighted by Gasteiger charge is -2.36. The van der Waals surface area contributed by atoms with Gasteiger partial charge in [0.1, 0.15) is 12.4 Å². The van der Waals surface area contributed by atoms with Crippen LogP contribution in [0.25, 0.3) is 10.9 Å². The molecule has 1 aliphatic rings. The third kappa shape index (κ3) is 5.07. The summed E-state index contributed by atoms with van der Waals surface area (Å²) in [5.41, 5.74) is 3.08. The SMILES string of the molecule is CCOc1cc([C@@H](c2c[nH]c3ccccc23)C2C(=O)OC(C)(C)OC2=O)ccc1OCc1ccc(F)cc1. The molecule has 3 aromatic carbocycles. The van der Waals surface area contributed by atoms with Gasteiger partial charge in [-0.1, -0.05) is 36.4 Å². The zero-order valence-corrected chi connectivity index (χ0v) is 21.3. The molecule has 0 bridgehead atoms. The van der Waals surface area contributed by atoms with Crippen molar-refractivity contribution in [1.82, 2.24) is 4.98 Å². The number of carbonyl (C=O) groups excluding carboxylic acids is 2. The first-order chi connectivity index (χ1) is 18.3. The highest BCUT2D eigenvalue weighted by molar-refractivity contribution is 5.99. The molecular formula is C30H28FNO6. The standard InChI is InChI=1S/C30H28FNO6/c1-4-35-25-15-19(11-14-24(25)36-17-18-9-12-20(31)13-10-18)26(22-16-32-23-8-6-5-7-21(22)23)27-28(33)37-30(2,3)38-29(27)34/h5-16,26-27,32H,4,17H2,1-3H3/t26-/m0/s1. The van der Waals surface area contributed by atoms with E-state index < -0.39 is 29.6 Å². The van der Waals surface area contributed by atoms with Gasteiger partial charge in [-0.05, 0) is 53.9 Å². The van der Waals surface area contributed by atoms with Crippen LogP contribution < -0.4 is 9.47 Å². The van der Waals surface area contributed by atoms with E-state index in [1.54, 1.807) is 36.5 Å². The van der Waals surface area contributed by atoms with Crippen molar-refractivity contribution < 1.29 is 32.9 Å². The minimum Gasteiger partial charge on any atom is -0.490 e. The molecule has 4 aromatic rings. The normalized spacial score (nSPS) is 16.1. The molecule has 0 saturated carbocycles. The molecule has 0 amide bonds. The highest BCUT2D eigenvalue weighted by Crippen LogP contribution is 2.43. The number of esters is 2. The second-order valence-corrected chi connectivity index (χ2v) is 9.54. The van der Waals surface area contributed by atoms with Gasteiger partial charge in [0.05, 0.1) is 6.61 Å². The fraction of sp³-hybridized carbons (Fsp3) is 0.267. The van der Waals surface area contributed by atoms with E-state index in [-0.39, 0.29) is 12.4 Å². The molecule has 38 heavy (non-hydrogen) atoms. The largest absolute Gasteiger partial charge is 0.490 e. The van der Waals surface area contributed by atoms with E-state index >= 15 is 0 Å². The van der Waals surface area contributed by atoms with Crippen LogP contribution in [0.5, 0.6) is 11.5 Å². The molecule has 0 radical (unpaired) electrons. The first kappa shape index (κ1) is 25.3. The summed E-state index contributed by atoms with van der Waals surface area (Å²) in [7, 11) is 0. The molecule has 7 nitrogen and oxygen atoms in total. The Hall–Kier alpha value is -4.33. The first-order valence-corrected chi connectivity index (χ1v) is 12.4. The Labute approximate surface area is 219 Å². The van der Waals surface area contributed by atoms with E-state index in [1.165, 1.54) is 26.0 Å². The Morgan fingerprint density at radius 2 is 1.66 bits per heavy atom. The summed E-state index contributed by atoms with van der Waals surface area (Å²) >= 11 is 0. The lowest BCUT2D eigenvalue weighted by molar-refractivity contribution is -0.240. The summed E-state index contributed by atoms with van der Waals surface area (Å²) in [6.45, 7) is 5.49. The second kappa shape index (κ2) is 10.2. The van der Waals surface area contributed by atoms with Crippen LogP contribution in [0.2, 0.25) is 0 Å². The zero-order valence-electron chi connectivity index (χ0n) is 21.3. The van der Waals surface area contributed by atoms with Gasteiger partial charge >= 0.3 is 11.9 Å². The lowest BCUT2D eigenvalue weighted by atomic mass is 9.80. The molecule has 1 atom stereocenters. The van der Waals surface area contributed by atoms with Gasteiger partial charge in [0, 0.05) is 36.9 Å². The minimum absolute atomic E-state index is 0.210. The Morgan fingerprint density at radius 3 is 2.37 bits per heavy atom. The smallest absolute Gasteiger partial charge is 0.324 e. The molecule has 0 spiro atoms. The average molecular weight is 518 g/mol. The number of aromatic nitrogens is 1. The predicted octanol–water partition coefficient (Wildman–Crippen LogP) is 5.87. The highest BCUT2D eigenvalue weighted by Gasteiger charge is 2.48. The molecule has 2 heterocycles. The molecule has 0 aliphatic carbocycles. The molecule has 1 fully saturated rings. The van der Waals surface area contributed by atoms with Crippen molar-refractivity contribution in [3.05, 3.63) is 95.4 Å². The van der Waals surface area contributed by atoms with Crippen molar-refractivity contribution in [2.75, 3.05) is 6.61 Å². The monoisotopic (exact) mass is 517 g/mol. The third-order valence-corrected chi connectivity index (χ3v) is 6.42. The Kier molecular flexibility index (Phi) is 6.80. The zero-order chi connectivity index (χ0) is 26.9. The number of para-hydroxylation sites is 1. The summed E-state index contributed by atoms with van der Waals surface area (Å²) in [4.78, 5) is 29.7. The van der Waals surface area contributed by atoms with Crippen molar-refractivity contribution in [2.45, 2.75) is 39.1 Å². The number of ether oxygens (including phenoxy) is 4. The van der Waals surface area contributed by atoms with Gasteiger partial charge in [0.15, 0.2) is 17.4 Å². The number of nitrogens with one attached hydrogen (secondary N) is 1. The number of aromatic amines is 1. The third-order valence-electron chi connectivity index (χ3n) is 6.42. The van der Waals surface area contributed by atoms with Gasteiger partial charge in [-0.15, -0.1) is 0 Å². The number of cyclic esters (lactones) is 2. The van der Waals surface area contributed by atoms with Crippen molar-refractivity contribution in [3.63, 3.8) is 0 Å². The quantitative estimate of drug-likeness (QED) is 0.232. The maximum absolute atomic E-state index is 13.3. The fourth-order valence-corrected chi connectivity index (χ4v) is 4.75. The number of rotatable bonds is 8. The molecule has 1 N–H and O–H groups in total. The molecule has 0 unspecified atom stereocenters. The second-order valence-electron chi connectivity index (χ2n) is 9.54. The van der Waals surface area contributed by atoms with Crippen LogP contribution in [-0.4, -0.2) is 29.3 Å². The van der Waals surface area contributed by atoms with Crippen LogP contribution >= 0.6 is 0 Å². The average Bonchev–Trinajstić information content (AvgIpc) is 3.30. The first-order valence-electron chi connectivity index (χ1n) is 12.4. The Balaban J connectivity index is 1.56. The topological polar surface area (TPSA) is 86.9 Å². The van der Waals surface area contributed by atoms with Crippen LogP contribution in [0.15, 0.2) is 72.9 Å². The Bertz CT molecular complexity index is 1460. The van der Waals surface area contributed by atoms with Gasteiger partial charge in [-0.3, -0.25) is 9.59 Å². The maximum Gasteiger partial charge on any atom is 0.324 e. The van der Waals surface area contributed by atoms with E-state index in [1.807, 2.05) is 31.2 Å². The molecule has 1 saturated heterocycles. The van der Waals surface area contributed by atoms with Crippen LogP contribution in [0.3, 0.4) is 0 Å². The summed E-state index contributed by atoms with van der Waals surface area (Å²) in [5, 5.41) is 0.873. The molecular weight excluding hydrogens is 489 g/mol. The maximum atomic E-state index is 13.3. The number of benzene rings is 3. The fourth-order valence-electron chi connectivity index (χ4n) is 4.75. The lowest BCUT2D eigenvalue weighted by Crippen LogP contribution is -2.48. The van der Waals surface area contributed by atoms with Crippen molar-refractivity contribution in [2.24, 2.45) is 5.92 Å². The van der Waals surface area contributed by atoms with Crippen molar-refractivity contribution in [3.8, 4) is 11.5 Å². The molecule has 1 aromatic heterocycles. The van der Waals surface area contributed by atoms with Gasteiger partial charge in [-0.2, -0.15) is 0 Å². The number of hydrogen-bond acceptors (Lipinski definition) is 6. The van der Waals surface area contributed by atoms with Crippen LogP contribution in [0.1, 0.15) is 43.4 Å². The summed E-state index contributed by atoms with van der Waals surface area (Å²) in [6, 6.07) is 19.0. The number of H-pyrrole nitrogens is 1. The molecule has 5 rings (SSSR count). The molecule has 1 aliphatic heterocycles. The molecule has 196 valence electrons. The van der Waals surface area contributed by atoms with Gasteiger partial charge in [0.25, 0.3) is 5.79 Å². The van der Waals surface area contributed by atoms with E-state index in [2.05, 4.69) is 4.98 Å². The van der Waals surface area contributed by atoms with Gasteiger partial charge < -0.3 is 23.9 Å². The number of halogens is 1. The van der Waals surface area contributed by atoms with E-state index in [0.717, 1.165) is 22.0 Å². The summed E-state index contributed by atoms with van der Waals surface area (Å²) in [5.74, 6) is -3.98. The predicted molar refractivity (Wildman–Crippen MR) is 138 cm³/mol. The van der Waals surface area contributed by atoms with Crippen molar-refractivity contribution in [1.29, 1.82) is 0 Å². The molecule has 8 heteroatoms. The highest BCUT2D eigenvalue weighted by atomic mass is 19.1.